The van der Waals surface area contributed by atoms with E-state index in [9.17, 15) is 4.79 Å². The van der Waals surface area contributed by atoms with Crippen molar-refractivity contribution >= 4 is 28.0 Å². The lowest BCUT2D eigenvalue weighted by molar-refractivity contribution is -0.138. The van der Waals surface area contributed by atoms with E-state index in [0.29, 0.717) is 12.2 Å². The fraction of sp³-hybridized carbons (Fsp3) is 0.214. The molecule has 3 heteroatoms. The van der Waals surface area contributed by atoms with Crippen molar-refractivity contribution in [2.24, 2.45) is 5.92 Å². The summed E-state index contributed by atoms with van der Waals surface area (Å²) in [5, 5.41) is 0. The first-order chi connectivity index (χ1) is 8.29. The lowest BCUT2D eigenvalue weighted by Crippen LogP contribution is -2.05. The van der Waals surface area contributed by atoms with E-state index >= 15 is 0 Å². The van der Waals surface area contributed by atoms with Crippen LogP contribution in [0.3, 0.4) is 0 Å². The second-order valence-corrected chi connectivity index (χ2v) is 4.40. The molecule has 0 aliphatic carbocycles. The van der Waals surface area contributed by atoms with Crippen LogP contribution in [0.25, 0.3) is 6.08 Å². The van der Waals surface area contributed by atoms with Crippen molar-refractivity contribution in [1.82, 2.24) is 0 Å². The molecule has 1 heterocycles. The highest BCUT2D eigenvalue weighted by atomic mass is 79.9. The third-order valence-electron chi connectivity index (χ3n) is 2.66. The number of carbonyl (C=O) groups excluding carboxylic acids is 1. The Labute approximate surface area is 109 Å². The van der Waals surface area contributed by atoms with E-state index in [-0.39, 0.29) is 11.9 Å². The molecular formula is C14H13BrO2. The van der Waals surface area contributed by atoms with Gasteiger partial charge >= 0.3 is 5.97 Å². The minimum atomic E-state index is -0.131. The molecule has 0 aromatic heterocycles. The molecule has 1 saturated heterocycles. The van der Waals surface area contributed by atoms with E-state index in [1.54, 1.807) is 4.99 Å². The predicted molar refractivity (Wildman–Crippen MR) is 71.3 cm³/mol. The number of rotatable bonds is 3. The van der Waals surface area contributed by atoms with E-state index in [2.05, 4.69) is 15.9 Å². The molecule has 1 aliphatic rings. The normalized spacial score (nSPS) is 22.3. The maximum Gasteiger partial charge on any atom is 0.314 e. The maximum atomic E-state index is 11.5. The van der Waals surface area contributed by atoms with Crippen molar-refractivity contribution in [2.75, 3.05) is 0 Å². The van der Waals surface area contributed by atoms with Gasteiger partial charge in [-0.1, -0.05) is 58.4 Å². The number of benzene rings is 1. The molecule has 0 saturated carbocycles. The molecule has 0 bridgehead atoms. The van der Waals surface area contributed by atoms with Crippen LogP contribution in [-0.4, -0.2) is 5.97 Å². The smallest absolute Gasteiger partial charge is 0.314 e. The van der Waals surface area contributed by atoms with E-state index in [4.69, 9.17) is 4.74 Å². The van der Waals surface area contributed by atoms with Gasteiger partial charge in [0.25, 0.3) is 0 Å². The van der Waals surface area contributed by atoms with Gasteiger partial charge in [0.05, 0.1) is 5.92 Å². The number of esters is 1. The van der Waals surface area contributed by atoms with Gasteiger partial charge in [-0.25, -0.2) is 0 Å². The van der Waals surface area contributed by atoms with Crippen LogP contribution in [0.4, 0.5) is 0 Å². The van der Waals surface area contributed by atoms with Gasteiger partial charge in [-0.15, -0.1) is 0 Å². The SMILES string of the molecule is O=C1O/C(=C/Br)CC1CC=Cc1ccccc1. The number of ether oxygens (including phenoxy) is 1. The van der Waals surface area contributed by atoms with Gasteiger partial charge < -0.3 is 4.74 Å². The standard InChI is InChI=1S/C14H13BrO2/c15-10-13-9-12(14(16)17-13)8-4-7-11-5-2-1-3-6-11/h1-7,10,12H,8-9H2/b7-4?,13-10+. The zero-order valence-corrected chi connectivity index (χ0v) is 10.9. The highest BCUT2D eigenvalue weighted by Gasteiger charge is 2.29. The van der Waals surface area contributed by atoms with Crippen molar-refractivity contribution in [1.29, 1.82) is 0 Å². The average Bonchev–Trinajstić information content (AvgIpc) is 2.72. The predicted octanol–water partition coefficient (Wildman–Crippen LogP) is 3.89. The van der Waals surface area contributed by atoms with Crippen molar-refractivity contribution in [3.05, 3.63) is 52.7 Å². The molecule has 1 aliphatic heterocycles. The van der Waals surface area contributed by atoms with E-state index < -0.39 is 0 Å². The summed E-state index contributed by atoms with van der Waals surface area (Å²) in [4.78, 5) is 13.1. The fourth-order valence-electron chi connectivity index (χ4n) is 1.76. The Morgan fingerprint density at radius 2 is 2.12 bits per heavy atom. The largest absolute Gasteiger partial charge is 0.430 e. The average molecular weight is 293 g/mol. The molecule has 1 unspecified atom stereocenters. The monoisotopic (exact) mass is 292 g/mol. The van der Waals surface area contributed by atoms with E-state index in [0.717, 1.165) is 12.0 Å². The summed E-state index contributed by atoms with van der Waals surface area (Å²) in [6.07, 6.45) is 5.46. The molecule has 2 rings (SSSR count). The molecule has 1 fully saturated rings. The Balaban J connectivity index is 1.91. The lowest BCUT2D eigenvalue weighted by Gasteiger charge is -1.98. The highest BCUT2D eigenvalue weighted by Crippen LogP contribution is 2.28. The van der Waals surface area contributed by atoms with Gasteiger partial charge in [0.2, 0.25) is 0 Å². The number of cyclic esters (lactones) is 1. The summed E-state index contributed by atoms with van der Waals surface area (Å²) < 4.78 is 5.07. The Kier molecular flexibility index (Phi) is 4.15. The fourth-order valence-corrected chi connectivity index (χ4v) is 2.04. The second-order valence-electron chi connectivity index (χ2n) is 3.95. The summed E-state index contributed by atoms with van der Waals surface area (Å²) in [5.41, 5.74) is 1.15. The molecule has 1 atom stereocenters. The Bertz CT molecular complexity index is 449. The summed E-state index contributed by atoms with van der Waals surface area (Å²) in [7, 11) is 0. The third-order valence-corrected chi connectivity index (χ3v) is 3.18. The molecule has 1 aromatic rings. The molecule has 88 valence electrons. The third kappa shape index (κ3) is 3.30. The summed E-state index contributed by atoms with van der Waals surface area (Å²) in [5.74, 6) is 0.542. The summed E-state index contributed by atoms with van der Waals surface area (Å²) in [6.45, 7) is 0. The quantitative estimate of drug-likeness (QED) is 0.790. The maximum absolute atomic E-state index is 11.5. The van der Waals surface area contributed by atoms with Crippen molar-refractivity contribution in [3.63, 3.8) is 0 Å². The minimum Gasteiger partial charge on any atom is -0.430 e. The van der Waals surface area contributed by atoms with Gasteiger partial charge in [-0.2, -0.15) is 0 Å². The molecule has 17 heavy (non-hydrogen) atoms. The molecule has 0 spiro atoms. The second kappa shape index (κ2) is 5.82. The van der Waals surface area contributed by atoms with Crippen molar-refractivity contribution in [2.45, 2.75) is 12.8 Å². The Morgan fingerprint density at radius 1 is 1.35 bits per heavy atom. The van der Waals surface area contributed by atoms with Crippen molar-refractivity contribution in [3.8, 4) is 0 Å². The molecule has 0 N–H and O–H groups in total. The van der Waals surface area contributed by atoms with Gasteiger partial charge in [0.15, 0.2) is 0 Å². The Hall–Kier alpha value is -1.35. The lowest BCUT2D eigenvalue weighted by atomic mass is 10.0. The number of hydrogen-bond donors (Lipinski definition) is 0. The van der Waals surface area contributed by atoms with Gasteiger partial charge in [0.1, 0.15) is 5.76 Å². The van der Waals surface area contributed by atoms with Crippen LogP contribution in [0.5, 0.6) is 0 Å². The summed E-state index contributed by atoms with van der Waals surface area (Å²) in [6, 6.07) is 10.0. The van der Waals surface area contributed by atoms with Crippen molar-refractivity contribution < 1.29 is 9.53 Å². The first kappa shape index (κ1) is 12.1. The van der Waals surface area contributed by atoms with Crippen LogP contribution in [-0.2, 0) is 9.53 Å². The highest BCUT2D eigenvalue weighted by molar-refractivity contribution is 9.11. The van der Waals surface area contributed by atoms with Crippen LogP contribution in [0.15, 0.2) is 47.2 Å². The number of carbonyl (C=O) groups is 1. The molecule has 0 amide bonds. The zero-order valence-electron chi connectivity index (χ0n) is 9.30. The molecule has 0 radical (unpaired) electrons. The van der Waals surface area contributed by atoms with Crippen LogP contribution in [0.2, 0.25) is 0 Å². The minimum absolute atomic E-state index is 0.0428. The number of allylic oxidation sites excluding steroid dienone is 2. The number of halogens is 1. The topological polar surface area (TPSA) is 26.3 Å². The summed E-state index contributed by atoms with van der Waals surface area (Å²) >= 11 is 3.18. The van der Waals surface area contributed by atoms with Gasteiger partial charge in [-0.3, -0.25) is 4.79 Å². The van der Waals surface area contributed by atoms with Gasteiger partial charge in [0, 0.05) is 11.4 Å². The first-order valence-electron chi connectivity index (χ1n) is 5.52. The van der Waals surface area contributed by atoms with Crippen LogP contribution in [0, 0.1) is 5.92 Å². The molecule has 1 aromatic carbocycles. The zero-order chi connectivity index (χ0) is 12.1. The molecule has 2 nitrogen and oxygen atoms in total. The van der Waals surface area contributed by atoms with Crippen LogP contribution < -0.4 is 0 Å². The molecular weight excluding hydrogens is 280 g/mol. The number of hydrogen-bond acceptors (Lipinski definition) is 2. The van der Waals surface area contributed by atoms with E-state index in [1.807, 2.05) is 42.5 Å². The van der Waals surface area contributed by atoms with Crippen LogP contribution >= 0.6 is 15.9 Å². The van der Waals surface area contributed by atoms with Gasteiger partial charge in [-0.05, 0) is 12.0 Å². The van der Waals surface area contributed by atoms with Crippen LogP contribution in [0.1, 0.15) is 18.4 Å². The Morgan fingerprint density at radius 3 is 2.76 bits per heavy atom. The first-order valence-corrected chi connectivity index (χ1v) is 6.43. The van der Waals surface area contributed by atoms with E-state index in [1.165, 1.54) is 0 Å².